The van der Waals surface area contributed by atoms with Crippen molar-refractivity contribution in [3.05, 3.63) is 6.20 Å². The first-order valence-corrected chi connectivity index (χ1v) is 8.83. The largest absolute Gasteiger partial charge is 0.381 e. The Morgan fingerprint density at radius 3 is 2.80 bits per heavy atom. The van der Waals surface area contributed by atoms with Crippen molar-refractivity contribution in [1.29, 1.82) is 0 Å². The summed E-state index contributed by atoms with van der Waals surface area (Å²) in [6, 6.07) is 0.165. The van der Waals surface area contributed by atoms with Gasteiger partial charge in [0, 0.05) is 25.3 Å². The Hall–Kier alpha value is -1.08. The summed E-state index contributed by atoms with van der Waals surface area (Å²) in [6.07, 6.45) is 7.01. The summed E-state index contributed by atoms with van der Waals surface area (Å²) in [5.74, 6) is 0.645. The molecule has 0 aromatic carbocycles. The molecule has 20 heavy (non-hydrogen) atoms. The number of hydrogen-bond acceptors (Lipinski definition) is 4. The van der Waals surface area contributed by atoms with E-state index in [4.69, 9.17) is 5.73 Å². The van der Waals surface area contributed by atoms with Crippen molar-refractivity contribution >= 4 is 15.8 Å². The van der Waals surface area contributed by atoms with Crippen molar-refractivity contribution in [2.75, 3.05) is 12.3 Å². The van der Waals surface area contributed by atoms with E-state index >= 15 is 0 Å². The third-order valence-electron chi connectivity index (χ3n) is 4.62. The van der Waals surface area contributed by atoms with E-state index in [9.17, 15) is 8.42 Å². The molecular weight excluding hydrogens is 276 g/mol. The summed E-state index contributed by atoms with van der Waals surface area (Å²) < 4.78 is 28.9. The molecule has 2 unspecified atom stereocenters. The molecule has 0 bridgehead atoms. The molecule has 1 aliphatic carbocycles. The van der Waals surface area contributed by atoms with Gasteiger partial charge in [-0.2, -0.15) is 9.40 Å². The van der Waals surface area contributed by atoms with Crippen LogP contribution >= 0.6 is 0 Å². The highest BCUT2D eigenvalue weighted by Crippen LogP contribution is 2.39. The summed E-state index contributed by atoms with van der Waals surface area (Å²) >= 11 is 0. The number of rotatable bonds is 3. The van der Waals surface area contributed by atoms with E-state index in [1.54, 1.807) is 15.2 Å². The second kappa shape index (κ2) is 5.04. The Bertz CT molecular complexity index is 596. The molecule has 0 radical (unpaired) electrons. The molecule has 2 aliphatic rings. The van der Waals surface area contributed by atoms with Crippen LogP contribution in [0.5, 0.6) is 0 Å². The number of aromatic nitrogens is 2. The third kappa shape index (κ3) is 2.13. The molecule has 1 saturated heterocycles. The predicted octanol–water partition coefficient (Wildman–Crippen LogP) is 1.44. The summed E-state index contributed by atoms with van der Waals surface area (Å²) in [5.41, 5.74) is 5.80. The number of nitrogens with two attached hydrogens (primary N) is 1. The van der Waals surface area contributed by atoms with Crippen LogP contribution in [0.15, 0.2) is 11.1 Å². The van der Waals surface area contributed by atoms with Crippen LogP contribution in [0.25, 0.3) is 0 Å². The molecule has 1 saturated carbocycles. The minimum atomic E-state index is -3.50. The second-order valence-electron chi connectivity index (χ2n) is 5.75. The van der Waals surface area contributed by atoms with Gasteiger partial charge in [-0.25, -0.2) is 8.42 Å². The van der Waals surface area contributed by atoms with Gasteiger partial charge < -0.3 is 5.73 Å². The van der Waals surface area contributed by atoms with Gasteiger partial charge in [-0.3, -0.25) is 4.68 Å². The number of sulfonamides is 1. The second-order valence-corrected chi connectivity index (χ2v) is 7.61. The van der Waals surface area contributed by atoms with Crippen molar-refractivity contribution in [3.8, 4) is 0 Å². The van der Waals surface area contributed by atoms with Gasteiger partial charge in [0.15, 0.2) is 5.82 Å². The fourth-order valence-corrected chi connectivity index (χ4v) is 5.36. The highest BCUT2D eigenvalue weighted by Gasteiger charge is 2.43. The molecule has 2 heterocycles. The van der Waals surface area contributed by atoms with Gasteiger partial charge in [0.1, 0.15) is 4.90 Å². The van der Waals surface area contributed by atoms with Crippen molar-refractivity contribution in [2.45, 2.75) is 56.5 Å². The molecular formula is C13H22N4O2S. The molecule has 1 aromatic heterocycles. The molecule has 7 heteroatoms. The summed E-state index contributed by atoms with van der Waals surface area (Å²) in [6.45, 7) is 3.15. The van der Waals surface area contributed by atoms with E-state index in [0.29, 0.717) is 19.0 Å². The van der Waals surface area contributed by atoms with Crippen LogP contribution in [0, 0.1) is 5.92 Å². The van der Waals surface area contributed by atoms with Crippen LogP contribution in [-0.4, -0.2) is 35.1 Å². The number of nitrogens with zero attached hydrogens (tertiary/aromatic N) is 3. The van der Waals surface area contributed by atoms with Crippen LogP contribution in [0.3, 0.4) is 0 Å². The molecule has 2 N–H and O–H groups in total. The van der Waals surface area contributed by atoms with Gasteiger partial charge in [-0.05, 0) is 32.1 Å². The quantitative estimate of drug-likeness (QED) is 0.915. The number of anilines is 1. The summed E-state index contributed by atoms with van der Waals surface area (Å²) in [5, 5.41) is 4.06. The van der Waals surface area contributed by atoms with E-state index in [1.165, 1.54) is 6.42 Å². The third-order valence-corrected chi connectivity index (χ3v) is 6.57. The van der Waals surface area contributed by atoms with Crippen molar-refractivity contribution < 1.29 is 8.42 Å². The van der Waals surface area contributed by atoms with E-state index in [0.717, 1.165) is 25.7 Å². The summed E-state index contributed by atoms with van der Waals surface area (Å²) in [7, 11) is -3.50. The molecule has 2 fully saturated rings. The highest BCUT2D eigenvalue weighted by atomic mass is 32.2. The Kier molecular flexibility index (Phi) is 3.50. The topological polar surface area (TPSA) is 81.2 Å². The minimum Gasteiger partial charge on any atom is -0.381 e. The Labute approximate surface area is 120 Å². The molecule has 1 aliphatic heterocycles. The lowest BCUT2D eigenvalue weighted by molar-refractivity contribution is 0.260. The van der Waals surface area contributed by atoms with Gasteiger partial charge in [0.05, 0.1) is 0 Å². The lowest BCUT2D eigenvalue weighted by Crippen LogP contribution is -2.39. The number of fused-ring (bicyclic) bond motifs is 1. The Morgan fingerprint density at radius 1 is 1.35 bits per heavy atom. The van der Waals surface area contributed by atoms with Crippen LogP contribution in [-0.2, 0) is 16.6 Å². The standard InChI is InChI=1S/C13H22N4O2S/c1-2-16-9-12(13(14)15-16)20(18,19)17-8-7-10-5-3-4-6-11(10)17/h9-11H,2-8H2,1H3,(H2,14,15). The van der Waals surface area contributed by atoms with Gasteiger partial charge in [0.25, 0.3) is 0 Å². The van der Waals surface area contributed by atoms with Crippen LogP contribution in [0.1, 0.15) is 39.0 Å². The van der Waals surface area contributed by atoms with Crippen LogP contribution < -0.4 is 5.73 Å². The first-order chi connectivity index (χ1) is 9.54. The molecule has 0 spiro atoms. The fraction of sp³-hybridized carbons (Fsp3) is 0.769. The van der Waals surface area contributed by atoms with Gasteiger partial charge in [0.2, 0.25) is 10.0 Å². The van der Waals surface area contributed by atoms with Gasteiger partial charge in [-0.1, -0.05) is 12.8 Å². The maximum Gasteiger partial charge on any atom is 0.248 e. The smallest absolute Gasteiger partial charge is 0.248 e. The fourth-order valence-electron chi connectivity index (χ4n) is 3.57. The normalized spacial score (nSPS) is 27.6. The van der Waals surface area contributed by atoms with E-state index in [2.05, 4.69) is 5.10 Å². The highest BCUT2D eigenvalue weighted by molar-refractivity contribution is 7.89. The van der Waals surface area contributed by atoms with Crippen LogP contribution in [0.2, 0.25) is 0 Å². The zero-order chi connectivity index (χ0) is 14.3. The lowest BCUT2D eigenvalue weighted by atomic mass is 9.86. The number of aryl methyl sites for hydroxylation is 1. The first kappa shape index (κ1) is 13.9. The van der Waals surface area contributed by atoms with Crippen molar-refractivity contribution in [2.24, 2.45) is 5.92 Å². The average molecular weight is 298 g/mol. The van der Waals surface area contributed by atoms with Crippen molar-refractivity contribution in [3.63, 3.8) is 0 Å². The maximum absolute atomic E-state index is 12.8. The number of nitrogen functional groups attached to an aromatic ring is 1. The lowest BCUT2D eigenvalue weighted by Gasteiger charge is -2.30. The maximum atomic E-state index is 12.8. The molecule has 1 aromatic rings. The predicted molar refractivity (Wildman–Crippen MR) is 76.6 cm³/mol. The SMILES string of the molecule is CCn1cc(S(=O)(=O)N2CCC3CCCCC32)c(N)n1. The van der Waals surface area contributed by atoms with Gasteiger partial charge in [-0.15, -0.1) is 0 Å². The zero-order valence-corrected chi connectivity index (χ0v) is 12.6. The number of hydrogen-bond donors (Lipinski definition) is 1. The molecule has 112 valence electrons. The molecule has 3 rings (SSSR count). The Balaban J connectivity index is 1.93. The first-order valence-electron chi connectivity index (χ1n) is 7.39. The van der Waals surface area contributed by atoms with E-state index in [1.807, 2.05) is 6.92 Å². The summed E-state index contributed by atoms with van der Waals surface area (Å²) in [4.78, 5) is 0.172. The molecule has 0 amide bonds. The van der Waals surface area contributed by atoms with E-state index in [-0.39, 0.29) is 16.8 Å². The zero-order valence-electron chi connectivity index (χ0n) is 11.8. The van der Waals surface area contributed by atoms with Crippen LogP contribution in [0.4, 0.5) is 5.82 Å². The average Bonchev–Trinajstić information content (AvgIpc) is 3.02. The van der Waals surface area contributed by atoms with Gasteiger partial charge >= 0.3 is 0 Å². The molecule has 6 nitrogen and oxygen atoms in total. The monoisotopic (exact) mass is 298 g/mol. The van der Waals surface area contributed by atoms with Crippen molar-refractivity contribution in [1.82, 2.24) is 14.1 Å². The minimum absolute atomic E-state index is 0.117. The Morgan fingerprint density at radius 2 is 2.10 bits per heavy atom. The molecule has 2 atom stereocenters. The van der Waals surface area contributed by atoms with E-state index < -0.39 is 10.0 Å².